The molecule has 0 aliphatic rings. The summed E-state index contributed by atoms with van der Waals surface area (Å²) >= 11 is 5.79. The number of hydrogen-bond donors (Lipinski definition) is 3. The van der Waals surface area contributed by atoms with Crippen molar-refractivity contribution in [2.75, 3.05) is 6.54 Å². The molecule has 2 rings (SSSR count). The second kappa shape index (κ2) is 7.12. The molecule has 1 aromatic heterocycles. The zero-order chi connectivity index (χ0) is 17.0. The largest absolute Gasteiger partial charge is 0.388 e. The minimum absolute atomic E-state index is 0.0326. The van der Waals surface area contributed by atoms with Gasteiger partial charge in [0.2, 0.25) is 5.91 Å². The standard InChI is InChI=1S/C16H20ClN3O3/c1-16(23,12-8-19-20(2)9-12)10-18-15(22)7-14(21)11-3-5-13(17)6-4-11/h3-6,8-9,14,21,23H,7,10H2,1-2H3,(H,18,22). The minimum Gasteiger partial charge on any atom is -0.388 e. The highest BCUT2D eigenvalue weighted by atomic mass is 35.5. The van der Waals surface area contributed by atoms with Gasteiger partial charge in [-0.05, 0) is 24.6 Å². The number of aromatic nitrogens is 2. The first-order chi connectivity index (χ1) is 10.8. The summed E-state index contributed by atoms with van der Waals surface area (Å²) in [7, 11) is 1.75. The van der Waals surface area contributed by atoms with Crippen molar-refractivity contribution in [3.8, 4) is 0 Å². The van der Waals surface area contributed by atoms with Gasteiger partial charge in [-0.1, -0.05) is 23.7 Å². The molecule has 1 heterocycles. The number of carbonyl (C=O) groups is 1. The van der Waals surface area contributed by atoms with Gasteiger partial charge < -0.3 is 15.5 Å². The van der Waals surface area contributed by atoms with Crippen LogP contribution < -0.4 is 5.32 Å². The molecule has 23 heavy (non-hydrogen) atoms. The molecule has 0 saturated carbocycles. The van der Waals surface area contributed by atoms with Gasteiger partial charge >= 0.3 is 0 Å². The molecule has 0 aliphatic heterocycles. The molecule has 3 N–H and O–H groups in total. The summed E-state index contributed by atoms with van der Waals surface area (Å²) in [6.45, 7) is 1.63. The Morgan fingerprint density at radius 3 is 2.65 bits per heavy atom. The Kier molecular flexibility index (Phi) is 5.41. The third-order valence-electron chi connectivity index (χ3n) is 3.59. The number of benzene rings is 1. The fraction of sp³-hybridized carbons (Fsp3) is 0.375. The summed E-state index contributed by atoms with van der Waals surface area (Å²) in [6, 6.07) is 6.66. The molecule has 6 nitrogen and oxygen atoms in total. The number of hydrogen-bond acceptors (Lipinski definition) is 4. The van der Waals surface area contributed by atoms with Crippen molar-refractivity contribution in [2.45, 2.75) is 25.0 Å². The maximum Gasteiger partial charge on any atom is 0.223 e. The quantitative estimate of drug-likeness (QED) is 0.746. The van der Waals surface area contributed by atoms with E-state index in [1.54, 1.807) is 55.3 Å². The van der Waals surface area contributed by atoms with Gasteiger partial charge in [0.25, 0.3) is 0 Å². The van der Waals surface area contributed by atoms with Gasteiger partial charge in [0, 0.05) is 23.8 Å². The van der Waals surface area contributed by atoms with E-state index in [0.717, 1.165) is 0 Å². The van der Waals surface area contributed by atoms with Gasteiger partial charge in [-0.3, -0.25) is 9.48 Å². The van der Waals surface area contributed by atoms with Crippen molar-refractivity contribution in [1.29, 1.82) is 0 Å². The van der Waals surface area contributed by atoms with E-state index < -0.39 is 11.7 Å². The van der Waals surface area contributed by atoms with Crippen molar-refractivity contribution in [3.63, 3.8) is 0 Å². The summed E-state index contributed by atoms with van der Waals surface area (Å²) < 4.78 is 1.58. The number of nitrogens with zero attached hydrogens (tertiary/aromatic N) is 2. The van der Waals surface area contributed by atoms with Crippen LogP contribution in [0.15, 0.2) is 36.7 Å². The predicted octanol–water partition coefficient (Wildman–Crippen LogP) is 1.52. The van der Waals surface area contributed by atoms with Crippen LogP contribution in [0.25, 0.3) is 0 Å². The lowest BCUT2D eigenvalue weighted by Crippen LogP contribution is -2.38. The van der Waals surface area contributed by atoms with E-state index in [2.05, 4.69) is 10.4 Å². The number of rotatable bonds is 6. The fourth-order valence-corrected chi connectivity index (χ4v) is 2.25. The summed E-state index contributed by atoms with van der Waals surface area (Å²) in [6.07, 6.45) is 2.23. The van der Waals surface area contributed by atoms with Gasteiger partial charge in [-0.25, -0.2) is 0 Å². The smallest absolute Gasteiger partial charge is 0.223 e. The first-order valence-corrected chi connectivity index (χ1v) is 7.57. The molecule has 124 valence electrons. The first-order valence-electron chi connectivity index (χ1n) is 7.19. The second-order valence-corrected chi connectivity index (χ2v) is 6.16. The number of aryl methyl sites for hydroxylation is 1. The van der Waals surface area contributed by atoms with E-state index in [1.807, 2.05) is 0 Å². The molecule has 0 aliphatic carbocycles. The minimum atomic E-state index is -1.23. The van der Waals surface area contributed by atoms with Crippen LogP contribution in [0, 0.1) is 0 Å². The Labute approximate surface area is 139 Å². The summed E-state index contributed by atoms with van der Waals surface area (Å²) in [5.41, 5.74) is -0.00285. The van der Waals surface area contributed by atoms with Crippen LogP contribution in [0.2, 0.25) is 5.02 Å². The fourth-order valence-electron chi connectivity index (χ4n) is 2.12. The molecule has 2 aromatic rings. The van der Waals surface area contributed by atoms with Gasteiger partial charge in [0.05, 0.1) is 25.3 Å². The van der Waals surface area contributed by atoms with E-state index in [0.29, 0.717) is 16.1 Å². The van der Waals surface area contributed by atoms with E-state index in [9.17, 15) is 15.0 Å². The van der Waals surface area contributed by atoms with Crippen LogP contribution in [0.1, 0.15) is 30.6 Å². The lowest BCUT2D eigenvalue weighted by Gasteiger charge is -2.22. The molecule has 0 bridgehead atoms. The highest BCUT2D eigenvalue weighted by molar-refractivity contribution is 6.30. The third kappa shape index (κ3) is 4.79. The van der Waals surface area contributed by atoms with Gasteiger partial charge in [-0.2, -0.15) is 5.10 Å². The monoisotopic (exact) mass is 337 g/mol. The number of amides is 1. The van der Waals surface area contributed by atoms with Crippen LogP contribution in [0.4, 0.5) is 0 Å². The number of carbonyl (C=O) groups excluding carboxylic acids is 1. The van der Waals surface area contributed by atoms with Crippen molar-refractivity contribution >= 4 is 17.5 Å². The molecule has 1 amide bonds. The molecule has 2 atom stereocenters. The van der Waals surface area contributed by atoms with Crippen LogP contribution >= 0.6 is 11.6 Å². The average molecular weight is 338 g/mol. The predicted molar refractivity (Wildman–Crippen MR) is 86.8 cm³/mol. The lowest BCUT2D eigenvalue weighted by molar-refractivity contribution is -0.124. The molecule has 0 radical (unpaired) electrons. The molecule has 0 fully saturated rings. The van der Waals surface area contributed by atoms with Crippen LogP contribution in [0.5, 0.6) is 0 Å². The van der Waals surface area contributed by atoms with E-state index in [4.69, 9.17) is 11.6 Å². The van der Waals surface area contributed by atoms with Crippen LogP contribution in [0.3, 0.4) is 0 Å². The zero-order valence-electron chi connectivity index (χ0n) is 13.0. The maximum atomic E-state index is 11.9. The summed E-state index contributed by atoms with van der Waals surface area (Å²) in [5.74, 6) is -0.350. The topological polar surface area (TPSA) is 87.4 Å². The summed E-state index contributed by atoms with van der Waals surface area (Å²) in [5, 5.41) is 27.6. The molecular formula is C16H20ClN3O3. The Hall–Kier alpha value is -1.89. The highest BCUT2D eigenvalue weighted by Gasteiger charge is 2.25. The van der Waals surface area contributed by atoms with E-state index in [1.165, 1.54) is 0 Å². The normalized spacial score (nSPS) is 15.0. The molecule has 0 spiro atoms. The summed E-state index contributed by atoms with van der Waals surface area (Å²) in [4.78, 5) is 11.9. The molecule has 1 aromatic carbocycles. The van der Waals surface area contributed by atoms with Crippen molar-refractivity contribution in [2.24, 2.45) is 7.05 Å². The maximum absolute atomic E-state index is 11.9. The van der Waals surface area contributed by atoms with Gasteiger partial charge in [0.15, 0.2) is 0 Å². The number of aliphatic hydroxyl groups excluding tert-OH is 1. The molecule has 0 saturated heterocycles. The average Bonchev–Trinajstić information content (AvgIpc) is 2.93. The van der Waals surface area contributed by atoms with E-state index >= 15 is 0 Å². The third-order valence-corrected chi connectivity index (χ3v) is 3.84. The Balaban J connectivity index is 1.88. The SMILES string of the molecule is Cn1cc(C(C)(O)CNC(=O)CC(O)c2ccc(Cl)cc2)cn1. The van der Waals surface area contributed by atoms with Gasteiger partial charge in [-0.15, -0.1) is 0 Å². The van der Waals surface area contributed by atoms with Crippen LogP contribution in [-0.2, 0) is 17.4 Å². The number of halogens is 1. The Morgan fingerprint density at radius 1 is 1.43 bits per heavy atom. The Morgan fingerprint density at radius 2 is 2.09 bits per heavy atom. The number of nitrogens with one attached hydrogen (secondary N) is 1. The van der Waals surface area contributed by atoms with Crippen molar-refractivity contribution in [1.82, 2.24) is 15.1 Å². The first kappa shape index (κ1) is 17.5. The number of aliphatic hydroxyl groups is 2. The lowest BCUT2D eigenvalue weighted by atomic mass is 9.99. The van der Waals surface area contributed by atoms with Gasteiger partial charge in [0.1, 0.15) is 5.60 Å². The van der Waals surface area contributed by atoms with E-state index in [-0.39, 0.29) is 18.9 Å². The molecule has 7 heteroatoms. The molecule has 2 unspecified atom stereocenters. The highest BCUT2D eigenvalue weighted by Crippen LogP contribution is 2.20. The van der Waals surface area contributed by atoms with Crippen molar-refractivity contribution in [3.05, 3.63) is 52.8 Å². The second-order valence-electron chi connectivity index (χ2n) is 5.72. The Bertz CT molecular complexity index is 667. The zero-order valence-corrected chi connectivity index (χ0v) is 13.8. The van der Waals surface area contributed by atoms with Crippen LogP contribution in [-0.4, -0.2) is 32.4 Å². The molecular weight excluding hydrogens is 318 g/mol. The van der Waals surface area contributed by atoms with Crippen molar-refractivity contribution < 1.29 is 15.0 Å².